The summed E-state index contributed by atoms with van der Waals surface area (Å²) < 4.78 is 29.1. The summed E-state index contributed by atoms with van der Waals surface area (Å²) in [6.45, 7) is 4.47. The number of benzene rings is 1. The van der Waals surface area contributed by atoms with Crippen LogP contribution in [0.2, 0.25) is 5.02 Å². The predicted octanol–water partition coefficient (Wildman–Crippen LogP) is 4.87. The van der Waals surface area contributed by atoms with E-state index in [1.54, 1.807) is 24.3 Å². The van der Waals surface area contributed by atoms with Gasteiger partial charge in [-0.2, -0.15) is 0 Å². The summed E-state index contributed by atoms with van der Waals surface area (Å²) in [4.78, 5) is 10.7. The van der Waals surface area contributed by atoms with Crippen molar-refractivity contribution in [1.82, 2.24) is 4.72 Å². The Labute approximate surface area is 178 Å². The largest absolute Gasteiger partial charge is 0.481 e. The summed E-state index contributed by atoms with van der Waals surface area (Å²) >= 11 is 6.15. The van der Waals surface area contributed by atoms with Crippen molar-refractivity contribution in [1.29, 1.82) is 0 Å². The molecule has 0 aromatic heterocycles. The third-order valence-electron chi connectivity index (χ3n) is 6.86. The first-order valence-electron chi connectivity index (χ1n) is 10.3. The van der Waals surface area contributed by atoms with Crippen molar-refractivity contribution in [2.45, 2.75) is 63.3 Å². The number of halogens is 1. The number of carboxylic acid groups (broad SMARTS) is 1. The summed E-state index contributed by atoms with van der Waals surface area (Å²) in [6, 6.07) is 6.42. The van der Waals surface area contributed by atoms with E-state index in [0.717, 1.165) is 25.7 Å². The van der Waals surface area contributed by atoms with Crippen LogP contribution in [0.3, 0.4) is 0 Å². The third-order valence-corrected chi connectivity index (χ3v) is 8.82. The van der Waals surface area contributed by atoms with Gasteiger partial charge in [0, 0.05) is 12.5 Å². The molecule has 7 heteroatoms. The Balaban J connectivity index is 1.71. The van der Waals surface area contributed by atoms with Crippen molar-refractivity contribution < 1.29 is 18.3 Å². The molecule has 160 valence electrons. The molecule has 0 aliphatic heterocycles. The first-order valence-corrected chi connectivity index (χ1v) is 12.1. The van der Waals surface area contributed by atoms with Crippen molar-refractivity contribution in [3.63, 3.8) is 0 Å². The SMILES string of the molecule is CC1(C)C2CC(CC=CCCCC(=O)O)C(NS(=O)(=O)c3ccccc3Cl)C1C2. The predicted molar refractivity (Wildman–Crippen MR) is 114 cm³/mol. The molecule has 5 nitrogen and oxygen atoms in total. The Hall–Kier alpha value is -1.37. The van der Waals surface area contributed by atoms with Crippen LogP contribution in [0.15, 0.2) is 41.3 Å². The van der Waals surface area contributed by atoms with E-state index in [4.69, 9.17) is 16.7 Å². The fraction of sp³-hybridized carbons (Fsp3) is 0.591. The molecule has 0 spiro atoms. The fourth-order valence-electron chi connectivity index (χ4n) is 4.99. The Morgan fingerprint density at radius 1 is 1.28 bits per heavy atom. The van der Waals surface area contributed by atoms with Crippen molar-refractivity contribution in [3.05, 3.63) is 41.4 Å². The van der Waals surface area contributed by atoms with E-state index in [1.807, 2.05) is 6.08 Å². The maximum absolute atomic E-state index is 13.1. The molecule has 4 unspecified atom stereocenters. The van der Waals surface area contributed by atoms with Crippen LogP contribution in [0.4, 0.5) is 0 Å². The van der Waals surface area contributed by atoms with E-state index in [1.165, 1.54) is 0 Å². The summed E-state index contributed by atoms with van der Waals surface area (Å²) in [7, 11) is -3.70. The number of rotatable bonds is 9. The van der Waals surface area contributed by atoms with Crippen molar-refractivity contribution in [3.8, 4) is 0 Å². The molecule has 0 radical (unpaired) electrons. The number of unbranched alkanes of at least 4 members (excludes halogenated alkanes) is 1. The van der Waals surface area contributed by atoms with Gasteiger partial charge in [0.15, 0.2) is 0 Å². The van der Waals surface area contributed by atoms with Crippen molar-refractivity contribution in [2.24, 2.45) is 23.2 Å². The molecule has 2 N–H and O–H groups in total. The highest BCUT2D eigenvalue weighted by Crippen LogP contribution is 2.61. The molecule has 3 aliphatic rings. The minimum Gasteiger partial charge on any atom is -0.481 e. The molecule has 0 saturated heterocycles. The highest BCUT2D eigenvalue weighted by atomic mass is 35.5. The second-order valence-corrected chi connectivity index (χ2v) is 11.0. The molecule has 3 fully saturated rings. The molecule has 4 rings (SSSR count). The number of sulfonamides is 1. The second kappa shape index (κ2) is 8.78. The van der Waals surface area contributed by atoms with Gasteiger partial charge in [0.05, 0.1) is 5.02 Å². The maximum Gasteiger partial charge on any atom is 0.303 e. The maximum atomic E-state index is 13.1. The number of fused-ring (bicyclic) bond motifs is 2. The third kappa shape index (κ3) is 4.86. The first-order chi connectivity index (χ1) is 13.6. The Kier molecular flexibility index (Phi) is 6.76. The van der Waals surface area contributed by atoms with Crippen LogP contribution in [0, 0.1) is 23.2 Å². The molecule has 29 heavy (non-hydrogen) atoms. The van der Waals surface area contributed by atoms with E-state index < -0.39 is 16.0 Å². The second-order valence-electron chi connectivity index (χ2n) is 8.93. The lowest BCUT2D eigenvalue weighted by molar-refractivity contribution is -0.137. The molecule has 0 heterocycles. The fourth-order valence-corrected chi connectivity index (χ4v) is 6.86. The molecular formula is C22H30ClNO4S. The average Bonchev–Trinajstić information content (AvgIpc) is 2.64. The van der Waals surface area contributed by atoms with E-state index >= 15 is 0 Å². The van der Waals surface area contributed by atoms with Crippen molar-refractivity contribution in [2.75, 3.05) is 0 Å². The number of hydrogen-bond acceptors (Lipinski definition) is 3. The van der Waals surface area contributed by atoms with Gasteiger partial charge in [0.2, 0.25) is 10.0 Å². The summed E-state index contributed by atoms with van der Waals surface area (Å²) in [5.74, 6) is 0.393. The molecule has 1 aromatic rings. The molecule has 1 aromatic carbocycles. The van der Waals surface area contributed by atoms with Crippen LogP contribution in [0.25, 0.3) is 0 Å². The van der Waals surface area contributed by atoms with Crippen LogP contribution in [0.5, 0.6) is 0 Å². The summed E-state index contributed by atoms with van der Waals surface area (Å²) in [5, 5.41) is 8.95. The monoisotopic (exact) mass is 439 g/mol. The van der Waals surface area contributed by atoms with E-state index in [9.17, 15) is 13.2 Å². The quantitative estimate of drug-likeness (QED) is 0.424. The van der Waals surface area contributed by atoms with Gasteiger partial charge >= 0.3 is 5.97 Å². The average molecular weight is 440 g/mol. The standard InChI is InChI=1S/C22H30ClNO4S/c1-22(2)16-13-15(9-5-3-4-6-12-20(25)26)21(17(22)14-16)24-29(27,28)19-11-8-7-10-18(19)23/h3,5,7-8,10-11,15-17,21,24H,4,6,9,12-14H2,1-2H3,(H,25,26). The van der Waals surface area contributed by atoms with Gasteiger partial charge in [-0.3, -0.25) is 4.79 Å². The van der Waals surface area contributed by atoms with Crippen LogP contribution in [-0.4, -0.2) is 25.5 Å². The first kappa shape index (κ1) is 22.3. The number of carboxylic acids is 1. The molecule has 0 amide bonds. The molecule has 4 atom stereocenters. The summed E-state index contributed by atoms with van der Waals surface area (Å²) in [6.07, 6.45) is 8.48. The Bertz CT molecular complexity index is 881. The van der Waals surface area contributed by atoms with Gasteiger partial charge in [-0.05, 0) is 67.4 Å². The zero-order valence-corrected chi connectivity index (χ0v) is 18.5. The number of nitrogens with one attached hydrogen (secondary N) is 1. The van der Waals surface area contributed by atoms with Gasteiger partial charge in [-0.25, -0.2) is 13.1 Å². The lowest BCUT2D eigenvalue weighted by Gasteiger charge is -2.62. The van der Waals surface area contributed by atoms with Gasteiger partial charge in [0.25, 0.3) is 0 Å². The van der Waals surface area contributed by atoms with Crippen molar-refractivity contribution >= 4 is 27.6 Å². The molecule has 2 bridgehead atoms. The minimum atomic E-state index is -3.70. The Morgan fingerprint density at radius 2 is 2.00 bits per heavy atom. The lowest BCUT2D eigenvalue weighted by Crippen LogP contribution is -2.63. The molecular weight excluding hydrogens is 410 g/mol. The van der Waals surface area contributed by atoms with Gasteiger partial charge < -0.3 is 5.11 Å². The Morgan fingerprint density at radius 3 is 2.66 bits per heavy atom. The van der Waals surface area contributed by atoms with Crippen LogP contribution < -0.4 is 4.72 Å². The van der Waals surface area contributed by atoms with Crippen LogP contribution in [0.1, 0.15) is 52.4 Å². The number of aliphatic carboxylic acids is 1. The van der Waals surface area contributed by atoms with Gasteiger partial charge in [-0.15, -0.1) is 0 Å². The highest BCUT2D eigenvalue weighted by molar-refractivity contribution is 7.89. The summed E-state index contributed by atoms with van der Waals surface area (Å²) in [5.41, 5.74) is 0.134. The van der Waals surface area contributed by atoms with Crippen LogP contribution >= 0.6 is 11.6 Å². The van der Waals surface area contributed by atoms with Gasteiger partial charge in [0.1, 0.15) is 4.90 Å². The molecule has 3 saturated carbocycles. The smallest absolute Gasteiger partial charge is 0.303 e. The number of allylic oxidation sites excluding steroid dienone is 2. The zero-order valence-electron chi connectivity index (χ0n) is 17.0. The lowest BCUT2D eigenvalue weighted by atomic mass is 9.45. The number of hydrogen-bond donors (Lipinski definition) is 2. The van der Waals surface area contributed by atoms with E-state index in [-0.39, 0.29) is 33.7 Å². The van der Waals surface area contributed by atoms with E-state index in [2.05, 4.69) is 24.6 Å². The normalized spacial score (nSPS) is 28.2. The topological polar surface area (TPSA) is 83.5 Å². The molecule has 3 aliphatic carbocycles. The van der Waals surface area contributed by atoms with Crippen LogP contribution in [-0.2, 0) is 14.8 Å². The number of carbonyl (C=O) groups is 1. The van der Waals surface area contributed by atoms with Gasteiger partial charge in [-0.1, -0.05) is 49.7 Å². The highest BCUT2D eigenvalue weighted by Gasteiger charge is 2.58. The van der Waals surface area contributed by atoms with E-state index in [0.29, 0.717) is 18.3 Å². The zero-order chi connectivity index (χ0) is 21.2. The minimum absolute atomic E-state index is 0.125.